The Kier molecular flexibility index (Phi) is 3.90. The molecule has 2 rings (SSSR count). The Labute approximate surface area is 117 Å². The van der Waals surface area contributed by atoms with Crippen molar-refractivity contribution >= 4 is 34.1 Å². The standard InChI is InChI=1S/C14H17Cl2NO/c1-14(2,3)18-7-6-17-5-4-11-12(16)8-10(15)9-13(11)17/h4-5,8-9H,6-7H2,1-3H3. The number of aromatic nitrogens is 1. The van der Waals surface area contributed by atoms with Crippen LogP contribution in [0.25, 0.3) is 10.9 Å². The van der Waals surface area contributed by atoms with Gasteiger partial charge in [-0.3, -0.25) is 0 Å². The molecule has 0 aliphatic rings. The third-order valence-corrected chi connectivity index (χ3v) is 3.20. The summed E-state index contributed by atoms with van der Waals surface area (Å²) >= 11 is 12.2. The number of hydrogen-bond donors (Lipinski definition) is 0. The minimum absolute atomic E-state index is 0.113. The predicted molar refractivity (Wildman–Crippen MR) is 77.7 cm³/mol. The highest BCUT2D eigenvalue weighted by Gasteiger charge is 2.10. The Morgan fingerprint density at radius 1 is 1.22 bits per heavy atom. The molecule has 1 aromatic heterocycles. The number of hydrogen-bond acceptors (Lipinski definition) is 1. The first-order valence-corrected chi connectivity index (χ1v) is 6.70. The Balaban J connectivity index is 2.19. The topological polar surface area (TPSA) is 14.2 Å². The normalized spacial score (nSPS) is 12.3. The van der Waals surface area contributed by atoms with E-state index >= 15 is 0 Å². The van der Waals surface area contributed by atoms with Gasteiger partial charge in [-0.25, -0.2) is 0 Å². The first-order valence-electron chi connectivity index (χ1n) is 5.95. The number of rotatable bonds is 3. The molecule has 0 aliphatic carbocycles. The molecule has 0 fully saturated rings. The Morgan fingerprint density at radius 3 is 2.61 bits per heavy atom. The molecule has 0 bridgehead atoms. The van der Waals surface area contributed by atoms with Crippen LogP contribution in [-0.4, -0.2) is 16.8 Å². The van der Waals surface area contributed by atoms with Crippen LogP contribution < -0.4 is 0 Å². The number of halogens is 2. The smallest absolute Gasteiger partial charge is 0.0652 e. The van der Waals surface area contributed by atoms with Crippen molar-refractivity contribution in [3.63, 3.8) is 0 Å². The lowest BCUT2D eigenvalue weighted by Crippen LogP contribution is -2.21. The second-order valence-corrected chi connectivity index (χ2v) is 6.13. The van der Waals surface area contributed by atoms with Gasteiger partial charge in [-0.1, -0.05) is 23.2 Å². The summed E-state index contributed by atoms with van der Waals surface area (Å²) < 4.78 is 7.84. The largest absolute Gasteiger partial charge is 0.374 e. The molecule has 0 saturated heterocycles. The highest BCUT2D eigenvalue weighted by molar-refractivity contribution is 6.38. The van der Waals surface area contributed by atoms with Gasteiger partial charge in [0.05, 0.1) is 22.7 Å². The van der Waals surface area contributed by atoms with Crippen molar-refractivity contribution in [3.05, 3.63) is 34.4 Å². The molecule has 2 nitrogen and oxygen atoms in total. The fourth-order valence-electron chi connectivity index (χ4n) is 1.86. The van der Waals surface area contributed by atoms with Gasteiger partial charge in [-0.05, 0) is 39.0 Å². The van der Waals surface area contributed by atoms with E-state index in [4.69, 9.17) is 27.9 Å². The fraction of sp³-hybridized carbons (Fsp3) is 0.429. The zero-order valence-electron chi connectivity index (χ0n) is 10.8. The van der Waals surface area contributed by atoms with E-state index < -0.39 is 0 Å². The summed E-state index contributed by atoms with van der Waals surface area (Å²) in [7, 11) is 0. The van der Waals surface area contributed by atoms with Gasteiger partial charge in [0.2, 0.25) is 0 Å². The summed E-state index contributed by atoms with van der Waals surface area (Å²) in [6, 6.07) is 5.70. The Morgan fingerprint density at radius 2 is 1.94 bits per heavy atom. The molecule has 0 aliphatic heterocycles. The summed E-state index contributed by atoms with van der Waals surface area (Å²) in [4.78, 5) is 0. The van der Waals surface area contributed by atoms with Gasteiger partial charge in [0.25, 0.3) is 0 Å². The summed E-state index contributed by atoms with van der Waals surface area (Å²) in [5, 5.41) is 2.37. The number of ether oxygens (including phenoxy) is 1. The van der Waals surface area contributed by atoms with Gasteiger partial charge >= 0.3 is 0 Å². The molecule has 0 saturated carbocycles. The minimum Gasteiger partial charge on any atom is -0.374 e. The zero-order chi connectivity index (χ0) is 13.3. The Bertz CT molecular complexity index is 555. The molecular weight excluding hydrogens is 269 g/mol. The summed E-state index contributed by atoms with van der Waals surface area (Å²) in [5.74, 6) is 0. The summed E-state index contributed by atoms with van der Waals surface area (Å²) in [5.41, 5.74) is 0.933. The molecule has 0 radical (unpaired) electrons. The molecule has 2 aromatic rings. The van der Waals surface area contributed by atoms with Crippen molar-refractivity contribution in [1.82, 2.24) is 4.57 Å². The molecule has 18 heavy (non-hydrogen) atoms. The maximum absolute atomic E-state index is 6.15. The van der Waals surface area contributed by atoms with E-state index in [1.165, 1.54) is 0 Å². The molecule has 1 aromatic carbocycles. The SMILES string of the molecule is CC(C)(C)OCCn1ccc2c(Cl)cc(Cl)cc21. The van der Waals surface area contributed by atoms with E-state index in [9.17, 15) is 0 Å². The molecule has 0 N–H and O–H groups in total. The van der Waals surface area contributed by atoms with Gasteiger partial charge in [0.1, 0.15) is 0 Å². The quantitative estimate of drug-likeness (QED) is 0.793. The lowest BCUT2D eigenvalue weighted by atomic mass is 10.2. The maximum Gasteiger partial charge on any atom is 0.0652 e. The van der Waals surface area contributed by atoms with Crippen molar-refractivity contribution in [3.8, 4) is 0 Å². The van der Waals surface area contributed by atoms with E-state index in [-0.39, 0.29) is 5.60 Å². The van der Waals surface area contributed by atoms with Crippen LogP contribution in [0.5, 0.6) is 0 Å². The van der Waals surface area contributed by atoms with Crippen LogP contribution in [0.3, 0.4) is 0 Å². The second kappa shape index (κ2) is 5.12. The van der Waals surface area contributed by atoms with E-state index in [0.29, 0.717) is 16.7 Å². The van der Waals surface area contributed by atoms with Gasteiger partial charge in [-0.15, -0.1) is 0 Å². The molecule has 0 spiro atoms. The number of benzene rings is 1. The minimum atomic E-state index is -0.113. The number of nitrogens with zero attached hydrogens (tertiary/aromatic N) is 1. The van der Waals surface area contributed by atoms with Crippen LogP contribution in [0.15, 0.2) is 24.4 Å². The monoisotopic (exact) mass is 285 g/mol. The van der Waals surface area contributed by atoms with Crippen LogP contribution in [0.1, 0.15) is 20.8 Å². The molecule has 98 valence electrons. The van der Waals surface area contributed by atoms with Crippen LogP contribution in [0, 0.1) is 0 Å². The van der Waals surface area contributed by atoms with Crippen LogP contribution >= 0.6 is 23.2 Å². The van der Waals surface area contributed by atoms with E-state index in [1.807, 2.05) is 18.3 Å². The van der Waals surface area contributed by atoms with Crippen molar-refractivity contribution in [2.24, 2.45) is 0 Å². The predicted octanol–water partition coefficient (Wildman–Crippen LogP) is 4.76. The van der Waals surface area contributed by atoms with Crippen molar-refractivity contribution in [2.75, 3.05) is 6.61 Å². The summed E-state index contributed by atoms with van der Waals surface area (Å²) in [6.07, 6.45) is 2.01. The second-order valence-electron chi connectivity index (χ2n) is 5.29. The highest BCUT2D eigenvalue weighted by atomic mass is 35.5. The van der Waals surface area contributed by atoms with Gasteiger partial charge in [0, 0.05) is 23.2 Å². The first kappa shape index (κ1) is 13.7. The van der Waals surface area contributed by atoms with Crippen LogP contribution in [0.2, 0.25) is 10.0 Å². The lowest BCUT2D eigenvalue weighted by Gasteiger charge is -2.19. The average Bonchev–Trinajstić information content (AvgIpc) is 2.60. The molecule has 0 amide bonds. The first-order chi connectivity index (χ1) is 8.37. The van der Waals surface area contributed by atoms with Crippen molar-refractivity contribution in [2.45, 2.75) is 32.9 Å². The molecule has 1 heterocycles. The van der Waals surface area contributed by atoms with E-state index in [1.54, 1.807) is 6.07 Å². The third-order valence-electron chi connectivity index (χ3n) is 2.67. The Hall–Kier alpha value is -0.700. The lowest BCUT2D eigenvalue weighted by molar-refractivity contribution is -0.00644. The van der Waals surface area contributed by atoms with Gasteiger partial charge in [0.15, 0.2) is 0 Å². The van der Waals surface area contributed by atoms with Gasteiger partial charge < -0.3 is 9.30 Å². The summed E-state index contributed by atoms with van der Waals surface area (Å²) in [6.45, 7) is 7.60. The fourth-order valence-corrected chi connectivity index (χ4v) is 2.41. The molecule has 0 atom stereocenters. The average molecular weight is 286 g/mol. The van der Waals surface area contributed by atoms with E-state index in [0.717, 1.165) is 17.4 Å². The van der Waals surface area contributed by atoms with Crippen LogP contribution in [-0.2, 0) is 11.3 Å². The highest BCUT2D eigenvalue weighted by Crippen LogP contribution is 2.28. The van der Waals surface area contributed by atoms with Crippen molar-refractivity contribution < 1.29 is 4.74 Å². The molecule has 4 heteroatoms. The van der Waals surface area contributed by atoms with Crippen LogP contribution in [0.4, 0.5) is 0 Å². The molecular formula is C14H17Cl2NO. The third kappa shape index (κ3) is 3.19. The van der Waals surface area contributed by atoms with E-state index in [2.05, 4.69) is 25.3 Å². The number of fused-ring (bicyclic) bond motifs is 1. The maximum atomic E-state index is 6.15. The zero-order valence-corrected chi connectivity index (χ0v) is 12.3. The van der Waals surface area contributed by atoms with Crippen molar-refractivity contribution in [1.29, 1.82) is 0 Å². The van der Waals surface area contributed by atoms with Gasteiger partial charge in [-0.2, -0.15) is 0 Å². The molecule has 0 unspecified atom stereocenters.